The standard InChI is InChI=1S/C18H15Cl2FO4/c1-23-16-6-10(7-17(24-2)18(16)25-3)4-5-15(22)11-8-14(21)13(20)9-12(11)19/h4-9H,1-3H3/b5-4-. The van der Waals surface area contributed by atoms with E-state index in [4.69, 9.17) is 37.4 Å². The molecular formula is C18H15Cl2FO4. The Morgan fingerprint density at radius 1 is 0.960 bits per heavy atom. The van der Waals surface area contributed by atoms with E-state index in [9.17, 15) is 9.18 Å². The van der Waals surface area contributed by atoms with Crippen LogP contribution in [0.3, 0.4) is 0 Å². The van der Waals surface area contributed by atoms with Crippen LogP contribution in [-0.2, 0) is 0 Å². The average molecular weight is 385 g/mol. The van der Waals surface area contributed by atoms with E-state index in [0.29, 0.717) is 22.8 Å². The van der Waals surface area contributed by atoms with E-state index in [1.54, 1.807) is 12.1 Å². The average Bonchev–Trinajstić information content (AvgIpc) is 2.61. The van der Waals surface area contributed by atoms with Crippen LogP contribution in [0.2, 0.25) is 10.0 Å². The number of benzene rings is 2. The molecule has 0 spiro atoms. The van der Waals surface area contributed by atoms with Gasteiger partial charge in [0.1, 0.15) is 5.82 Å². The Morgan fingerprint density at radius 2 is 1.56 bits per heavy atom. The molecule has 7 heteroatoms. The van der Waals surface area contributed by atoms with E-state index in [1.807, 2.05) is 0 Å². The summed E-state index contributed by atoms with van der Waals surface area (Å²) in [6.07, 6.45) is 2.81. The third-order valence-electron chi connectivity index (χ3n) is 3.39. The van der Waals surface area contributed by atoms with Crippen LogP contribution < -0.4 is 14.2 Å². The largest absolute Gasteiger partial charge is 0.493 e. The minimum atomic E-state index is -0.712. The summed E-state index contributed by atoms with van der Waals surface area (Å²) in [6.45, 7) is 0. The van der Waals surface area contributed by atoms with E-state index in [2.05, 4.69) is 0 Å². The first-order valence-electron chi connectivity index (χ1n) is 7.08. The Labute approximate surface area is 154 Å². The van der Waals surface area contributed by atoms with Crippen LogP contribution in [0.15, 0.2) is 30.3 Å². The fraction of sp³-hybridized carbons (Fsp3) is 0.167. The Morgan fingerprint density at radius 3 is 2.08 bits per heavy atom. The van der Waals surface area contributed by atoms with E-state index < -0.39 is 11.6 Å². The zero-order chi connectivity index (χ0) is 18.6. The minimum Gasteiger partial charge on any atom is -0.493 e. The highest BCUT2D eigenvalue weighted by Crippen LogP contribution is 2.38. The van der Waals surface area contributed by atoms with Gasteiger partial charge in [-0.2, -0.15) is 0 Å². The number of carbonyl (C=O) groups is 1. The van der Waals surface area contributed by atoms with Gasteiger partial charge in [0.2, 0.25) is 5.75 Å². The quantitative estimate of drug-likeness (QED) is 0.396. The summed E-state index contributed by atoms with van der Waals surface area (Å²) in [5, 5.41) is -0.0684. The molecule has 25 heavy (non-hydrogen) atoms. The molecule has 0 aliphatic rings. The molecule has 0 amide bonds. The summed E-state index contributed by atoms with van der Waals surface area (Å²) in [7, 11) is 4.48. The fourth-order valence-electron chi connectivity index (χ4n) is 2.17. The molecule has 2 rings (SSSR count). The second-order valence-corrected chi connectivity index (χ2v) is 5.72. The van der Waals surface area contributed by atoms with Crippen molar-refractivity contribution in [3.05, 3.63) is 57.3 Å². The van der Waals surface area contributed by atoms with E-state index in [1.165, 1.54) is 39.5 Å². The van der Waals surface area contributed by atoms with Gasteiger partial charge in [-0.15, -0.1) is 0 Å². The number of ketones is 1. The first-order valence-corrected chi connectivity index (χ1v) is 7.83. The van der Waals surface area contributed by atoms with Gasteiger partial charge in [-0.3, -0.25) is 4.79 Å². The number of hydrogen-bond acceptors (Lipinski definition) is 4. The maximum atomic E-state index is 13.5. The Bertz CT molecular complexity index is 809. The van der Waals surface area contributed by atoms with Crippen molar-refractivity contribution in [1.29, 1.82) is 0 Å². The van der Waals surface area contributed by atoms with Crippen LogP contribution in [0.4, 0.5) is 4.39 Å². The van der Waals surface area contributed by atoms with Gasteiger partial charge in [-0.05, 0) is 35.9 Å². The van der Waals surface area contributed by atoms with Crippen molar-refractivity contribution in [3.8, 4) is 17.2 Å². The number of rotatable bonds is 6. The summed E-state index contributed by atoms with van der Waals surface area (Å²) >= 11 is 11.6. The topological polar surface area (TPSA) is 44.8 Å². The molecule has 0 aliphatic carbocycles. The lowest BCUT2D eigenvalue weighted by Crippen LogP contribution is -1.98. The van der Waals surface area contributed by atoms with Gasteiger partial charge in [-0.1, -0.05) is 29.3 Å². The number of allylic oxidation sites excluding steroid dienone is 1. The lowest BCUT2D eigenvalue weighted by Gasteiger charge is -2.12. The van der Waals surface area contributed by atoms with Gasteiger partial charge in [0, 0.05) is 5.56 Å². The summed E-state index contributed by atoms with van der Waals surface area (Å²) in [5.41, 5.74) is 0.653. The van der Waals surface area contributed by atoms with E-state index >= 15 is 0 Å². The number of ether oxygens (including phenoxy) is 3. The third-order valence-corrected chi connectivity index (χ3v) is 3.99. The molecule has 0 aliphatic heterocycles. The highest BCUT2D eigenvalue weighted by Gasteiger charge is 2.14. The molecule has 0 N–H and O–H groups in total. The van der Waals surface area contributed by atoms with Gasteiger partial charge < -0.3 is 14.2 Å². The maximum Gasteiger partial charge on any atom is 0.203 e. The van der Waals surface area contributed by atoms with Crippen molar-refractivity contribution in [1.82, 2.24) is 0 Å². The molecule has 0 bridgehead atoms. The first-order chi connectivity index (χ1) is 11.9. The van der Waals surface area contributed by atoms with Crippen LogP contribution in [0.5, 0.6) is 17.2 Å². The number of halogens is 3. The van der Waals surface area contributed by atoms with E-state index in [-0.39, 0.29) is 15.6 Å². The van der Waals surface area contributed by atoms with Crippen molar-refractivity contribution < 1.29 is 23.4 Å². The molecule has 0 saturated carbocycles. The van der Waals surface area contributed by atoms with Crippen molar-refractivity contribution >= 4 is 35.1 Å². The number of carbonyl (C=O) groups excluding carboxylic acids is 1. The van der Waals surface area contributed by atoms with Crippen LogP contribution in [-0.4, -0.2) is 27.1 Å². The van der Waals surface area contributed by atoms with Crippen LogP contribution in [0.25, 0.3) is 6.08 Å². The predicted octanol–water partition coefficient (Wildman–Crippen LogP) is 5.05. The number of hydrogen-bond donors (Lipinski definition) is 0. The van der Waals surface area contributed by atoms with Crippen molar-refractivity contribution in [3.63, 3.8) is 0 Å². The molecule has 0 fully saturated rings. The zero-order valence-electron chi connectivity index (χ0n) is 13.7. The third kappa shape index (κ3) is 4.24. The van der Waals surface area contributed by atoms with Gasteiger partial charge in [0.05, 0.1) is 31.4 Å². The van der Waals surface area contributed by atoms with Crippen molar-refractivity contribution in [2.24, 2.45) is 0 Å². The van der Waals surface area contributed by atoms with Crippen molar-refractivity contribution in [2.75, 3.05) is 21.3 Å². The molecule has 132 valence electrons. The van der Waals surface area contributed by atoms with Crippen molar-refractivity contribution in [2.45, 2.75) is 0 Å². The molecule has 2 aromatic rings. The second kappa shape index (κ2) is 8.23. The van der Waals surface area contributed by atoms with Crippen LogP contribution in [0, 0.1) is 5.82 Å². The highest BCUT2D eigenvalue weighted by molar-refractivity contribution is 6.37. The molecular weight excluding hydrogens is 370 g/mol. The monoisotopic (exact) mass is 384 g/mol. The van der Waals surface area contributed by atoms with Gasteiger partial charge in [0.25, 0.3) is 0 Å². The van der Waals surface area contributed by atoms with Crippen LogP contribution >= 0.6 is 23.2 Å². The smallest absolute Gasteiger partial charge is 0.203 e. The van der Waals surface area contributed by atoms with Gasteiger partial charge in [-0.25, -0.2) is 4.39 Å². The molecule has 2 aromatic carbocycles. The normalized spacial score (nSPS) is 10.8. The minimum absolute atomic E-state index is 0.0206. The second-order valence-electron chi connectivity index (χ2n) is 4.90. The Hall–Kier alpha value is -2.24. The molecule has 0 saturated heterocycles. The van der Waals surface area contributed by atoms with E-state index in [0.717, 1.165) is 6.07 Å². The Balaban J connectivity index is 2.36. The number of methoxy groups -OCH3 is 3. The van der Waals surface area contributed by atoms with Gasteiger partial charge >= 0.3 is 0 Å². The zero-order valence-corrected chi connectivity index (χ0v) is 15.2. The molecule has 0 radical (unpaired) electrons. The van der Waals surface area contributed by atoms with Gasteiger partial charge in [0.15, 0.2) is 17.3 Å². The fourth-order valence-corrected chi connectivity index (χ4v) is 2.65. The molecule has 0 unspecified atom stereocenters. The summed E-state index contributed by atoms with van der Waals surface area (Å²) in [6, 6.07) is 5.55. The lowest BCUT2D eigenvalue weighted by molar-refractivity contribution is 0.104. The molecule has 0 aromatic heterocycles. The molecule has 0 atom stereocenters. The summed E-state index contributed by atoms with van der Waals surface area (Å²) < 4.78 is 29.3. The maximum absolute atomic E-state index is 13.5. The predicted molar refractivity (Wildman–Crippen MR) is 95.9 cm³/mol. The Kier molecular flexibility index (Phi) is 6.28. The highest BCUT2D eigenvalue weighted by atomic mass is 35.5. The summed E-state index contributed by atoms with van der Waals surface area (Å²) in [5.74, 6) is 0.162. The SMILES string of the molecule is COc1cc(/C=C\C(=O)c2cc(F)c(Cl)cc2Cl)cc(OC)c1OC. The molecule has 4 nitrogen and oxygen atoms in total. The summed E-state index contributed by atoms with van der Waals surface area (Å²) in [4.78, 5) is 12.3. The van der Waals surface area contributed by atoms with Crippen LogP contribution in [0.1, 0.15) is 15.9 Å². The molecule has 0 heterocycles. The lowest BCUT2D eigenvalue weighted by atomic mass is 10.1. The first kappa shape index (κ1) is 19.1.